The average molecular weight is 398 g/mol. The van der Waals surface area contributed by atoms with Crippen LogP contribution in [-0.4, -0.2) is 25.6 Å². The molecule has 0 unspecified atom stereocenters. The van der Waals surface area contributed by atoms with E-state index in [2.05, 4.69) is 17.5 Å². The molecule has 3 nitrogen and oxygen atoms in total. The third-order valence-electron chi connectivity index (χ3n) is 3.92. The fourth-order valence-electron chi connectivity index (χ4n) is 2.64. The molecule has 0 saturated heterocycles. The van der Waals surface area contributed by atoms with Gasteiger partial charge in [-0.25, -0.2) is 4.39 Å². The molecule has 0 fully saturated rings. The minimum atomic E-state index is -0.283. The maximum atomic E-state index is 13.9. The normalized spacial score (nSPS) is 10.3. The van der Waals surface area contributed by atoms with Gasteiger partial charge in [-0.15, -0.1) is 6.58 Å². The van der Waals surface area contributed by atoms with Gasteiger partial charge in [-0.3, -0.25) is 4.90 Å². The van der Waals surface area contributed by atoms with Crippen molar-refractivity contribution >= 4 is 17.0 Å². The molecule has 1 aromatic heterocycles. The maximum Gasteiger partial charge on any atom is 0.134 e. The van der Waals surface area contributed by atoms with Crippen LogP contribution in [0.2, 0.25) is 0 Å². The van der Waals surface area contributed by atoms with Crippen molar-refractivity contribution in [2.75, 3.05) is 20.7 Å². The SMILES string of the molecule is C=CC.CC.COc1ccc(/C=C/CN(C)Cc2coc3ccccc23)c(F)c1. The molecule has 0 aliphatic heterocycles. The van der Waals surface area contributed by atoms with Crippen LogP contribution in [0.1, 0.15) is 31.9 Å². The summed E-state index contributed by atoms with van der Waals surface area (Å²) in [5.41, 5.74) is 2.60. The lowest BCUT2D eigenvalue weighted by molar-refractivity contribution is 0.363. The van der Waals surface area contributed by atoms with Crippen LogP contribution in [0.15, 0.2) is 71.9 Å². The molecule has 3 rings (SSSR count). The predicted molar refractivity (Wildman–Crippen MR) is 122 cm³/mol. The number of likely N-dealkylation sites (N-methyl/N-ethyl adjacent to an activating group) is 1. The Bertz CT molecular complexity index is 899. The summed E-state index contributed by atoms with van der Waals surface area (Å²) in [5, 5.41) is 1.13. The van der Waals surface area contributed by atoms with E-state index in [1.807, 2.05) is 52.1 Å². The third-order valence-corrected chi connectivity index (χ3v) is 3.92. The molecular formula is C25H32FNO2. The van der Waals surface area contributed by atoms with Crippen molar-refractivity contribution < 1.29 is 13.5 Å². The molecule has 0 amide bonds. The zero-order valence-corrected chi connectivity index (χ0v) is 18.1. The van der Waals surface area contributed by atoms with E-state index in [9.17, 15) is 4.39 Å². The molecule has 3 aromatic rings. The van der Waals surface area contributed by atoms with E-state index in [1.54, 1.807) is 30.5 Å². The number of fused-ring (bicyclic) bond motifs is 1. The minimum Gasteiger partial charge on any atom is -0.497 e. The van der Waals surface area contributed by atoms with E-state index in [4.69, 9.17) is 9.15 Å². The minimum absolute atomic E-state index is 0.283. The maximum absolute atomic E-state index is 13.9. The van der Waals surface area contributed by atoms with E-state index >= 15 is 0 Å². The molecule has 0 aliphatic carbocycles. The van der Waals surface area contributed by atoms with Gasteiger partial charge in [-0.05, 0) is 32.2 Å². The lowest BCUT2D eigenvalue weighted by Crippen LogP contribution is -2.17. The van der Waals surface area contributed by atoms with Crippen LogP contribution < -0.4 is 4.74 Å². The van der Waals surface area contributed by atoms with Crippen LogP contribution in [0.4, 0.5) is 4.39 Å². The Morgan fingerprint density at radius 1 is 1.17 bits per heavy atom. The number of benzene rings is 2. The summed E-state index contributed by atoms with van der Waals surface area (Å²) >= 11 is 0. The number of hydrogen-bond acceptors (Lipinski definition) is 3. The Balaban J connectivity index is 0.000000771. The number of para-hydroxylation sites is 1. The monoisotopic (exact) mass is 397 g/mol. The summed E-state index contributed by atoms with van der Waals surface area (Å²) < 4.78 is 24.4. The van der Waals surface area contributed by atoms with Crippen molar-refractivity contribution in [2.45, 2.75) is 27.3 Å². The Hall–Kier alpha value is -2.85. The first-order chi connectivity index (χ1) is 14.1. The van der Waals surface area contributed by atoms with Gasteiger partial charge < -0.3 is 9.15 Å². The lowest BCUT2D eigenvalue weighted by atomic mass is 10.1. The second kappa shape index (κ2) is 13.3. The Morgan fingerprint density at radius 2 is 1.86 bits per heavy atom. The predicted octanol–water partition coefficient (Wildman–Crippen LogP) is 6.94. The highest BCUT2D eigenvalue weighted by Crippen LogP contribution is 2.22. The summed E-state index contributed by atoms with van der Waals surface area (Å²) in [6.45, 7) is 10.7. The average Bonchev–Trinajstić information content (AvgIpc) is 3.14. The summed E-state index contributed by atoms with van der Waals surface area (Å²) in [6, 6.07) is 12.9. The van der Waals surface area contributed by atoms with E-state index < -0.39 is 0 Å². The van der Waals surface area contributed by atoms with Crippen LogP contribution in [0.3, 0.4) is 0 Å². The highest BCUT2D eigenvalue weighted by molar-refractivity contribution is 5.80. The summed E-state index contributed by atoms with van der Waals surface area (Å²) in [4.78, 5) is 2.15. The summed E-state index contributed by atoms with van der Waals surface area (Å²) in [7, 11) is 3.55. The summed E-state index contributed by atoms with van der Waals surface area (Å²) in [6.07, 6.45) is 7.29. The zero-order chi connectivity index (χ0) is 21.6. The van der Waals surface area contributed by atoms with E-state index in [1.165, 1.54) is 13.2 Å². The number of allylic oxidation sites excluding steroid dienone is 1. The van der Waals surface area contributed by atoms with Gasteiger partial charge in [0.1, 0.15) is 17.1 Å². The largest absolute Gasteiger partial charge is 0.497 e. The van der Waals surface area contributed by atoms with Crippen molar-refractivity contribution in [3.63, 3.8) is 0 Å². The summed E-state index contributed by atoms with van der Waals surface area (Å²) in [5.74, 6) is 0.239. The second-order valence-electron chi connectivity index (χ2n) is 6.15. The highest BCUT2D eigenvalue weighted by Gasteiger charge is 2.07. The van der Waals surface area contributed by atoms with Crippen molar-refractivity contribution in [1.82, 2.24) is 4.90 Å². The van der Waals surface area contributed by atoms with Gasteiger partial charge in [0.2, 0.25) is 0 Å². The van der Waals surface area contributed by atoms with Crippen LogP contribution in [0, 0.1) is 5.82 Å². The number of hydrogen-bond donors (Lipinski definition) is 0. The van der Waals surface area contributed by atoms with E-state index in [-0.39, 0.29) is 5.82 Å². The number of rotatable bonds is 6. The number of nitrogens with zero attached hydrogens (tertiary/aromatic N) is 1. The lowest BCUT2D eigenvalue weighted by Gasteiger charge is -2.13. The second-order valence-corrected chi connectivity index (χ2v) is 6.15. The molecule has 1 heterocycles. The molecule has 4 heteroatoms. The quantitative estimate of drug-likeness (QED) is 0.421. The number of ether oxygens (including phenoxy) is 1. The van der Waals surface area contributed by atoms with Gasteiger partial charge in [0.25, 0.3) is 0 Å². The van der Waals surface area contributed by atoms with E-state index in [0.717, 1.165) is 23.1 Å². The fraction of sp³-hybridized carbons (Fsp3) is 0.280. The fourth-order valence-corrected chi connectivity index (χ4v) is 2.64. The molecule has 0 atom stereocenters. The molecule has 0 aliphatic rings. The Kier molecular flexibility index (Phi) is 11.1. The van der Waals surface area contributed by atoms with Crippen LogP contribution in [0.5, 0.6) is 5.75 Å². The third kappa shape index (κ3) is 7.59. The van der Waals surface area contributed by atoms with Crippen LogP contribution in [-0.2, 0) is 6.54 Å². The van der Waals surface area contributed by atoms with Crippen LogP contribution in [0.25, 0.3) is 17.0 Å². The van der Waals surface area contributed by atoms with Crippen molar-refractivity contribution in [2.24, 2.45) is 0 Å². The number of halogens is 1. The van der Waals surface area contributed by atoms with Crippen molar-refractivity contribution in [3.8, 4) is 5.75 Å². The smallest absolute Gasteiger partial charge is 0.134 e. The Labute approximate surface area is 174 Å². The molecule has 0 radical (unpaired) electrons. The van der Waals surface area contributed by atoms with Gasteiger partial charge in [0, 0.05) is 35.7 Å². The standard InChI is InChI=1S/C20H20FNO2.C3H6.C2H6/c1-22(13-16-14-24-20-8-4-3-7-18(16)20)11-5-6-15-9-10-17(23-2)12-19(15)21;1-3-2;1-2/h3-10,12,14H,11,13H2,1-2H3;3H,1H2,2H3;1-2H3/b6-5+;;. The zero-order valence-electron chi connectivity index (χ0n) is 18.1. The van der Waals surface area contributed by atoms with Crippen molar-refractivity contribution in [3.05, 3.63) is 84.4 Å². The van der Waals surface area contributed by atoms with Gasteiger partial charge >= 0.3 is 0 Å². The highest BCUT2D eigenvalue weighted by atomic mass is 19.1. The number of furan rings is 1. The molecular weight excluding hydrogens is 365 g/mol. The molecule has 0 saturated carbocycles. The first kappa shape index (κ1) is 24.2. The molecule has 0 spiro atoms. The number of methoxy groups -OCH3 is 1. The van der Waals surface area contributed by atoms with Gasteiger partial charge in [0.05, 0.1) is 13.4 Å². The van der Waals surface area contributed by atoms with Crippen LogP contribution >= 0.6 is 0 Å². The molecule has 0 bridgehead atoms. The van der Waals surface area contributed by atoms with E-state index in [0.29, 0.717) is 17.9 Å². The first-order valence-electron chi connectivity index (χ1n) is 9.79. The topological polar surface area (TPSA) is 25.6 Å². The molecule has 2 aromatic carbocycles. The van der Waals surface area contributed by atoms with Gasteiger partial charge in [-0.1, -0.05) is 50.3 Å². The first-order valence-corrected chi connectivity index (χ1v) is 9.79. The molecule has 156 valence electrons. The molecule has 0 N–H and O–H groups in total. The van der Waals surface area contributed by atoms with Gasteiger partial charge in [0.15, 0.2) is 0 Å². The Morgan fingerprint density at radius 3 is 2.52 bits per heavy atom. The van der Waals surface area contributed by atoms with Crippen molar-refractivity contribution in [1.29, 1.82) is 0 Å². The van der Waals surface area contributed by atoms with Gasteiger partial charge in [-0.2, -0.15) is 0 Å². The molecule has 29 heavy (non-hydrogen) atoms.